The largest absolute Gasteiger partial charge is 0.391 e. The van der Waals surface area contributed by atoms with E-state index < -0.39 is 70.8 Å². The molecule has 2 aromatic heterocycles. The number of carbonyl (C=O) groups is 6. The highest BCUT2D eigenvalue weighted by atomic mass is 32.1. The van der Waals surface area contributed by atoms with Gasteiger partial charge < -0.3 is 69.7 Å². The first-order chi connectivity index (χ1) is 39.1. The first-order valence-electron chi connectivity index (χ1n) is 27.7. The number of hydrogen-bond donors (Lipinski definition) is 6. The molecule has 82 heavy (non-hydrogen) atoms. The number of aliphatic hydroxyl groups excluding tert-OH is 2. The van der Waals surface area contributed by atoms with E-state index in [-0.39, 0.29) is 104 Å². The average molecular weight is 1180 g/mol. The number of aliphatic hydroxyl groups is 2. The second kappa shape index (κ2) is 31.7. The van der Waals surface area contributed by atoms with Crippen molar-refractivity contribution in [3.8, 4) is 20.9 Å². The van der Waals surface area contributed by atoms with Gasteiger partial charge in [0.05, 0.1) is 110 Å². The number of nitrogens with zero attached hydrogens (tertiary/aromatic N) is 4. The number of carbonyl (C=O) groups excluding carboxylic acids is 6. The number of aryl methyl sites for hydroxylation is 2. The Kier molecular flexibility index (Phi) is 25.3. The summed E-state index contributed by atoms with van der Waals surface area (Å²) in [4.78, 5) is 94.2. The number of aromatic nitrogens is 2. The van der Waals surface area contributed by atoms with E-state index in [1.807, 2.05) is 104 Å². The SMILES string of the molecule is Cc1ncsc1-c1ccc(CNC(=O)[C@H]2C[C@@H](O)CN2C(=O)[C@@H](NC(=O)COCCOCCOCCOCCOCCOCC(=O)N[C@H](C(=O)N2C[C@H](O)C[C@@H]2C(=O)NCc2ccc(-c3scnc3C)cc2)C(C)(C)C)C(C)(C)C)cc1. The Morgan fingerprint density at radius 1 is 0.537 bits per heavy atom. The topological polar surface area (TPSA) is 279 Å². The van der Waals surface area contributed by atoms with E-state index in [4.69, 9.17) is 28.4 Å². The molecule has 0 spiro atoms. The number of nitrogens with one attached hydrogen (secondary N) is 4. The van der Waals surface area contributed by atoms with Crippen molar-refractivity contribution in [3.05, 3.63) is 82.1 Å². The Labute approximate surface area is 488 Å². The van der Waals surface area contributed by atoms with Crippen LogP contribution in [0.3, 0.4) is 0 Å². The minimum atomic E-state index is -0.988. The van der Waals surface area contributed by atoms with Gasteiger partial charge >= 0.3 is 0 Å². The summed E-state index contributed by atoms with van der Waals surface area (Å²) in [6.07, 6.45) is -1.62. The van der Waals surface area contributed by atoms with Gasteiger partial charge in [-0.3, -0.25) is 28.8 Å². The van der Waals surface area contributed by atoms with Crippen molar-refractivity contribution in [3.63, 3.8) is 0 Å². The van der Waals surface area contributed by atoms with Crippen LogP contribution in [0, 0.1) is 24.7 Å². The summed E-state index contributed by atoms with van der Waals surface area (Å²) in [7, 11) is 0. The lowest BCUT2D eigenvalue weighted by Gasteiger charge is -2.35. The van der Waals surface area contributed by atoms with Crippen LogP contribution in [-0.4, -0.2) is 194 Å². The van der Waals surface area contributed by atoms with Crippen LogP contribution < -0.4 is 21.3 Å². The van der Waals surface area contributed by atoms with Crippen molar-refractivity contribution in [2.24, 2.45) is 10.8 Å². The molecule has 450 valence electrons. The third-order valence-corrected chi connectivity index (χ3v) is 15.7. The third kappa shape index (κ3) is 19.9. The monoisotopic (exact) mass is 1180 g/mol. The number of hydrogen-bond acceptors (Lipinski definition) is 18. The molecule has 22 nitrogen and oxygen atoms in total. The summed E-state index contributed by atoms with van der Waals surface area (Å²) in [6, 6.07) is 11.9. The van der Waals surface area contributed by atoms with Gasteiger partial charge in [-0.05, 0) is 46.9 Å². The fraction of sp³-hybridized carbons (Fsp3) is 0.586. The van der Waals surface area contributed by atoms with Crippen LogP contribution in [0.2, 0.25) is 0 Å². The fourth-order valence-electron chi connectivity index (χ4n) is 9.29. The standard InChI is InChI=1S/C58H82N8O14S2/c1-37-49(81-35-61-37)41-13-9-39(10-14-41)29-59-53(71)45-27-43(67)31-65(45)55(73)51(57(3,4)5)63-47(69)33-79-25-23-77-21-19-75-17-18-76-20-22-78-24-26-80-34-48(70)64-52(58(6,7)8)56(74)66-32-44(68)28-46(66)54(72)60-30-40-11-15-42(16-12-40)50-38(2)62-36-82-50/h9-16,35-36,43-46,51-52,67-68H,17-34H2,1-8H3,(H,59,71)(H,60,72)(H,63,69)(H,64,70)/t43-,44-,45-,46-,51-,52-/m1/s1. The summed E-state index contributed by atoms with van der Waals surface area (Å²) in [6.45, 7) is 17.1. The Morgan fingerprint density at radius 2 is 0.854 bits per heavy atom. The van der Waals surface area contributed by atoms with Crippen molar-refractivity contribution in [2.75, 3.05) is 92.4 Å². The molecule has 6 atom stereocenters. The van der Waals surface area contributed by atoms with Crippen LogP contribution in [0.4, 0.5) is 0 Å². The quantitative estimate of drug-likeness (QED) is 0.0393. The lowest BCUT2D eigenvalue weighted by molar-refractivity contribution is -0.144. The van der Waals surface area contributed by atoms with E-state index in [2.05, 4.69) is 31.2 Å². The molecule has 2 aliphatic rings. The smallest absolute Gasteiger partial charge is 0.246 e. The van der Waals surface area contributed by atoms with E-state index in [0.717, 1.165) is 43.4 Å². The molecule has 0 bridgehead atoms. The van der Waals surface area contributed by atoms with Crippen LogP contribution in [-0.2, 0) is 70.3 Å². The van der Waals surface area contributed by atoms with Gasteiger partial charge in [0.25, 0.3) is 0 Å². The Hall–Kier alpha value is -5.80. The van der Waals surface area contributed by atoms with Crippen LogP contribution >= 0.6 is 22.7 Å². The minimum absolute atomic E-state index is 0.0349. The lowest BCUT2D eigenvalue weighted by Crippen LogP contribution is -2.58. The molecular weight excluding hydrogens is 1100 g/mol. The molecule has 24 heteroatoms. The number of thiazole rings is 2. The maximum Gasteiger partial charge on any atom is 0.246 e. The van der Waals surface area contributed by atoms with Gasteiger partial charge in [0.15, 0.2) is 0 Å². The highest BCUT2D eigenvalue weighted by Gasteiger charge is 2.46. The molecule has 4 heterocycles. The predicted octanol–water partition coefficient (Wildman–Crippen LogP) is 3.57. The zero-order valence-corrected chi connectivity index (χ0v) is 50.0. The van der Waals surface area contributed by atoms with Crippen molar-refractivity contribution in [1.82, 2.24) is 41.0 Å². The zero-order valence-electron chi connectivity index (χ0n) is 48.4. The average Bonchev–Trinajstić information content (AvgIpc) is 4.30. The molecule has 0 radical (unpaired) electrons. The third-order valence-electron chi connectivity index (χ3n) is 13.7. The first-order valence-corrected chi connectivity index (χ1v) is 29.4. The number of rotatable bonds is 31. The highest BCUT2D eigenvalue weighted by molar-refractivity contribution is 7.13. The highest BCUT2D eigenvalue weighted by Crippen LogP contribution is 2.31. The van der Waals surface area contributed by atoms with Crippen molar-refractivity contribution >= 4 is 58.1 Å². The summed E-state index contributed by atoms with van der Waals surface area (Å²) in [5.74, 6) is -2.72. The predicted molar refractivity (Wildman–Crippen MR) is 308 cm³/mol. The van der Waals surface area contributed by atoms with Gasteiger partial charge in [0.2, 0.25) is 35.4 Å². The van der Waals surface area contributed by atoms with Crippen LogP contribution in [0.5, 0.6) is 0 Å². The Morgan fingerprint density at radius 3 is 1.15 bits per heavy atom. The first kappa shape index (κ1) is 65.4. The summed E-state index contributed by atoms with van der Waals surface area (Å²) < 4.78 is 33.2. The van der Waals surface area contributed by atoms with E-state index in [1.54, 1.807) is 33.7 Å². The summed E-state index contributed by atoms with van der Waals surface area (Å²) in [5.41, 5.74) is 7.90. The van der Waals surface area contributed by atoms with Gasteiger partial charge in [-0.1, -0.05) is 90.1 Å². The maximum absolute atomic E-state index is 13.9. The fourth-order valence-corrected chi connectivity index (χ4v) is 10.9. The Balaban J connectivity index is 0.763. The van der Waals surface area contributed by atoms with E-state index in [1.165, 1.54) is 9.80 Å². The van der Waals surface area contributed by atoms with Crippen LogP contribution in [0.1, 0.15) is 76.9 Å². The van der Waals surface area contributed by atoms with Gasteiger partial charge in [-0.25, -0.2) is 9.97 Å². The molecule has 6 N–H and O–H groups in total. The molecule has 2 fully saturated rings. The van der Waals surface area contributed by atoms with Crippen molar-refractivity contribution in [2.45, 2.75) is 118 Å². The van der Waals surface area contributed by atoms with Crippen LogP contribution in [0.25, 0.3) is 20.9 Å². The molecule has 2 aliphatic heterocycles. The van der Waals surface area contributed by atoms with E-state index in [9.17, 15) is 39.0 Å². The summed E-state index contributed by atoms with van der Waals surface area (Å²) in [5, 5.41) is 32.5. The number of amides is 6. The number of β-amino-alcohol motifs (C(OH)–C–C–N with tert-alkyl or cyclic N) is 2. The lowest BCUT2D eigenvalue weighted by atomic mass is 9.85. The number of benzene rings is 2. The van der Waals surface area contributed by atoms with Gasteiger partial charge in [-0.2, -0.15) is 0 Å². The minimum Gasteiger partial charge on any atom is -0.391 e. The molecule has 2 saturated heterocycles. The van der Waals surface area contributed by atoms with Crippen molar-refractivity contribution < 1.29 is 67.4 Å². The second-order valence-corrected chi connectivity index (χ2v) is 24.2. The molecular formula is C58H82N8O14S2. The van der Waals surface area contributed by atoms with Gasteiger partial charge in [-0.15, -0.1) is 22.7 Å². The molecule has 4 aromatic rings. The van der Waals surface area contributed by atoms with Gasteiger partial charge in [0.1, 0.15) is 37.4 Å². The maximum atomic E-state index is 13.9. The molecule has 0 aliphatic carbocycles. The Bertz CT molecular complexity index is 2510. The van der Waals surface area contributed by atoms with Gasteiger partial charge in [0, 0.05) is 39.0 Å². The zero-order chi connectivity index (χ0) is 59.4. The molecule has 0 unspecified atom stereocenters. The number of likely N-dealkylation sites (tertiary alicyclic amines) is 2. The van der Waals surface area contributed by atoms with Crippen molar-refractivity contribution in [1.29, 1.82) is 0 Å². The second-order valence-electron chi connectivity index (χ2n) is 22.4. The normalized spacial score (nSPS) is 18.1. The van der Waals surface area contributed by atoms with Crippen LogP contribution in [0.15, 0.2) is 59.6 Å². The molecule has 2 aromatic carbocycles. The molecule has 0 saturated carbocycles. The van der Waals surface area contributed by atoms with E-state index >= 15 is 0 Å². The summed E-state index contributed by atoms with van der Waals surface area (Å²) >= 11 is 3.12. The number of ether oxygens (including phenoxy) is 6. The van der Waals surface area contributed by atoms with E-state index in [0.29, 0.717) is 26.4 Å². The molecule has 6 rings (SSSR count). The molecule has 6 amide bonds.